The van der Waals surface area contributed by atoms with Crippen molar-refractivity contribution in [1.29, 1.82) is 0 Å². The fourth-order valence-corrected chi connectivity index (χ4v) is 4.57. The summed E-state index contributed by atoms with van der Waals surface area (Å²) in [5.74, 6) is 0.629. The molecule has 156 valence electrons. The Morgan fingerprint density at radius 2 is 2.10 bits per heavy atom. The minimum Gasteiger partial charge on any atom is -0.362 e. The summed E-state index contributed by atoms with van der Waals surface area (Å²) >= 11 is 0. The Bertz CT molecular complexity index is 918. The third kappa shape index (κ3) is 4.26. The standard InChI is InChI=1S/C25H35N3O/c1-7-18(10-8-9-16(2)3)20-11-12-21-22-19(15-27-23(20)22)13-14-26-25(29)24(17(4)5)28(21)6/h7,9,11-12,15,17-18,24,27H,1,8,10,13-14H2,2-6H3,(H,26,29)/t18-,24-/m0/s1. The number of nitrogens with zero attached hydrogens (tertiary/aromatic N) is 1. The predicted octanol–water partition coefficient (Wildman–Crippen LogP) is 5.32. The van der Waals surface area contributed by atoms with Crippen LogP contribution in [0.4, 0.5) is 5.69 Å². The maximum Gasteiger partial charge on any atom is 0.242 e. The van der Waals surface area contributed by atoms with E-state index in [4.69, 9.17) is 0 Å². The third-order valence-corrected chi connectivity index (χ3v) is 6.03. The van der Waals surface area contributed by atoms with E-state index in [0.717, 1.165) is 24.9 Å². The Balaban J connectivity index is 2.09. The molecule has 1 amide bonds. The molecule has 1 aromatic carbocycles. The molecule has 0 radical (unpaired) electrons. The summed E-state index contributed by atoms with van der Waals surface area (Å²) < 4.78 is 0. The molecule has 3 rings (SSSR count). The van der Waals surface area contributed by atoms with E-state index < -0.39 is 0 Å². The number of carbonyl (C=O) groups is 1. The van der Waals surface area contributed by atoms with Crippen LogP contribution in [-0.2, 0) is 11.2 Å². The fourth-order valence-electron chi connectivity index (χ4n) is 4.57. The number of amides is 1. The molecule has 0 saturated heterocycles. The maximum atomic E-state index is 12.8. The zero-order valence-corrected chi connectivity index (χ0v) is 18.5. The van der Waals surface area contributed by atoms with E-state index in [0.29, 0.717) is 12.5 Å². The minimum atomic E-state index is -0.183. The highest BCUT2D eigenvalue weighted by atomic mass is 16.2. The van der Waals surface area contributed by atoms with Crippen LogP contribution in [0.3, 0.4) is 0 Å². The lowest BCUT2D eigenvalue weighted by Crippen LogP contribution is -2.48. The highest BCUT2D eigenvalue weighted by Crippen LogP contribution is 2.38. The molecule has 2 atom stereocenters. The van der Waals surface area contributed by atoms with Gasteiger partial charge in [-0.25, -0.2) is 0 Å². The van der Waals surface area contributed by atoms with E-state index in [1.54, 1.807) is 0 Å². The molecule has 1 aliphatic rings. The van der Waals surface area contributed by atoms with Crippen molar-refractivity contribution in [2.45, 2.75) is 58.9 Å². The smallest absolute Gasteiger partial charge is 0.242 e. The van der Waals surface area contributed by atoms with Crippen molar-refractivity contribution in [2.75, 3.05) is 18.5 Å². The number of likely N-dealkylation sites (N-methyl/N-ethyl adjacent to an activating group) is 1. The molecular formula is C25H35N3O. The molecule has 1 aromatic heterocycles. The van der Waals surface area contributed by atoms with Gasteiger partial charge in [0.25, 0.3) is 0 Å². The molecule has 0 spiro atoms. The third-order valence-electron chi connectivity index (χ3n) is 6.03. The van der Waals surface area contributed by atoms with Gasteiger partial charge >= 0.3 is 0 Å². The highest BCUT2D eigenvalue weighted by Gasteiger charge is 2.30. The highest BCUT2D eigenvalue weighted by molar-refractivity contribution is 6.00. The van der Waals surface area contributed by atoms with Gasteiger partial charge in [0.05, 0.1) is 5.52 Å². The normalized spacial score (nSPS) is 18.1. The van der Waals surface area contributed by atoms with Gasteiger partial charge in [-0.2, -0.15) is 0 Å². The number of aromatic nitrogens is 1. The van der Waals surface area contributed by atoms with Crippen LogP contribution in [0.25, 0.3) is 10.9 Å². The van der Waals surface area contributed by atoms with Crippen LogP contribution in [0.15, 0.2) is 42.6 Å². The van der Waals surface area contributed by atoms with E-state index in [9.17, 15) is 4.79 Å². The van der Waals surface area contributed by atoms with Crippen LogP contribution < -0.4 is 10.2 Å². The molecule has 4 heteroatoms. The van der Waals surface area contributed by atoms with Crippen LogP contribution in [-0.4, -0.2) is 30.5 Å². The first-order chi connectivity index (χ1) is 13.8. The van der Waals surface area contributed by atoms with Gasteiger partial charge in [0, 0.05) is 36.8 Å². The summed E-state index contributed by atoms with van der Waals surface area (Å²) in [6.07, 6.45) is 9.40. The van der Waals surface area contributed by atoms with Gasteiger partial charge in [0.15, 0.2) is 0 Å². The van der Waals surface area contributed by atoms with Crippen molar-refractivity contribution in [3.8, 4) is 0 Å². The lowest BCUT2D eigenvalue weighted by molar-refractivity contribution is -0.123. The number of anilines is 1. The van der Waals surface area contributed by atoms with Crippen molar-refractivity contribution in [1.82, 2.24) is 10.3 Å². The molecule has 2 N–H and O–H groups in total. The predicted molar refractivity (Wildman–Crippen MR) is 124 cm³/mol. The molecule has 0 fully saturated rings. The number of aromatic amines is 1. The van der Waals surface area contributed by atoms with Gasteiger partial charge in [-0.1, -0.05) is 37.6 Å². The average molecular weight is 394 g/mol. The molecule has 0 saturated carbocycles. The van der Waals surface area contributed by atoms with Gasteiger partial charge in [-0.3, -0.25) is 4.79 Å². The summed E-state index contributed by atoms with van der Waals surface area (Å²) in [5, 5.41) is 4.37. The number of carbonyl (C=O) groups excluding carboxylic acids is 1. The monoisotopic (exact) mass is 393 g/mol. The molecule has 0 unspecified atom stereocenters. The summed E-state index contributed by atoms with van der Waals surface area (Å²) in [6.45, 7) is 13.3. The zero-order chi connectivity index (χ0) is 21.1. The number of rotatable bonds is 6. The van der Waals surface area contributed by atoms with E-state index in [1.807, 2.05) is 7.05 Å². The van der Waals surface area contributed by atoms with Gasteiger partial charge < -0.3 is 15.2 Å². The SMILES string of the molecule is C=C[C@@H](CCC=C(C)C)c1ccc2c3c(c[nH]c13)CCNC(=O)[C@H](C(C)C)N2C. The number of nitrogens with one attached hydrogen (secondary N) is 2. The van der Waals surface area contributed by atoms with Crippen LogP contribution in [0.2, 0.25) is 0 Å². The van der Waals surface area contributed by atoms with Crippen molar-refractivity contribution >= 4 is 22.5 Å². The lowest BCUT2D eigenvalue weighted by atomic mass is 9.90. The number of allylic oxidation sites excluding steroid dienone is 3. The van der Waals surface area contributed by atoms with Crippen LogP contribution in [0.5, 0.6) is 0 Å². The summed E-state index contributed by atoms with van der Waals surface area (Å²) in [7, 11) is 2.04. The van der Waals surface area contributed by atoms with Crippen LogP contribution in [0, 0.1) is 5.92 Å². The first-order valence-corrected chi connectivity index (χ1v) is 10.7. The first-order valence-electron chi connectivity index (χ1n) is 10.7. The Hall–Kier alpha value is -2.49. The number of hydrogen-bond donors (Lipinski definition) is 2. The number of hydrogen-bond acceptors (Lipinski definition) is 2. The van der Waals surface area contributed by atoms with Gasteiger partial charge in [-0.15, -0.1) is 6.58 Å². The topological polar surface area (TPSA) is 48.1 Å². The molecule has 29 heavy (non-hydrogen) atoms. The van der Waals surface area contributed by atoms with Gasteiger partial charge in [-0.05, 0) is 56.2 Å². The van der Waals surface area contributed by atoms with E-state index >= 15 is 0 Å². The maximum absolute atomic E-state index is 12.8. The minimum absolute atomic E-state index is 0.111. The molecular weight excluding hydrogens is 358 g/mol. The second-order valence-electron chi connectivity index (χ2n) is 8.78. The molecule has 2 aromatic rings. The average Bonchev–Trinajstić information content (AvgIpc) is 3.09. The molecule has 2 heterocycles. The molecule has 0 bridgehead atoms. The lowest BCUT2D eigenvalue weighted by Gasteiger charge is -2.32. The van der Waals surface area contributed by atoms with Crippen LogP contribution >= 0.6 is 0 Å². The van der Waals surface area contributed by atoms with E-state index in [2.05, 4.69) is 80.0 Å². The Morgan fingerprint density at radius 1 is 1.34 bits per heavy atom. The quantitative estimate of drug-likeness (QED) is 0.653. The molecule has 0 aliphatic carbocycles. The molecule has 4 nitrogen and oxygen atoms in total. The van der Waals surface area contributed by atoms with E-state index in [-0.39, 0.29) is 17.9 Å². The van der Waals surface area contributed by atoms with E-state index in [1.165, 1.54) is 27.6 Å². The first kappa shape index (κ1) is 21.2. The van der Waals surface area contributed by atoms with Crippen molar-refractivity contribution in [2.24, 2.45) is 5.92 Å². The van der Waals surface area contributed by atoms with Gasteiger partial charge in [0.2, 0.25) is 5.91 Å². The van der Waals surface area contributed by atoms with Crippen molar-refractivity contribution in [3.05, 3.63) is 53.8 Å². The Morgan fingerprint density at radius 3 is 2.76 bits per heavy atom. The van der Waals surface area contributed by atoms with Crippen molar-refractivity contribution in [3.63, 3.8) is 0 Å². The molecule has 1 aliphatic heterocycles. The van der Waals surface area contributed by atoms with Crippen molar-refractivity contribution < 1.29 is 4.79 Å². The van der Waals surface area contributed by atoms with Crippen LogP contribution in [0.1, 0.15) is 57.6 Å². The Labute approximate surface area is 175 Å². The summed E-state index contributed by atoms with van der Waals surface area (Å²) in [4.78, 5) is 18.5. The summed E-state index contributed by atoms with van der Waals surface area (Å²) in [5.41, 5.74) is 6.22. The summed E-state index contributed by atoms with van der Waals surface area (Å²) in [6, 6.07) is 4.23. The second kappa shape index (κ2) is 8.89. The largest absolute Gasteiger partial charge is 0.362 e. The Kier molecular flexibility index (Phi) is 6.51. The fraction of sp³-hybridized carbons (Fsp3) is 0.480. The number of benzene rings is 1. The second-order valence-corrected chi connectivity index (χ2v) is 8.78. The van der Waals surface area contributed by atoms with Gasteiger partial charge in [0.1, 0.15) is 6.04 Å². The zero-order valence-electron chi connectivity index (χ0n) is 18.5. The number of H-pyrrole nitrogens is 1.